The van der Waals surface area contributed by atoms with Gasteiger partial charge in [0.2, 0.25) is 0 Å². The number of aryl methyl sites for hydroxylation is 1. The number of benzene rings is 1. The van der Waals surface area contributed by atoms with Crippen LogP contribution in [-0.4, -0.2) is 27.4 Å². The maximum Gasteiger partial charge on any atom is 0.292 e. The number of aromatic nitrogens is 1. The van der Waals surface area contributed by atoms with E-state index in [1.807, 2.05) is 0 Å². The van der Waals surface area contributed by atoms with Crippen LogP contribution in [0.3, 0.4) is 0 Å². The van der Waals surface area contributed by atoms with Gasteiger partial charge in [-0.25, -0.2) is 10.4 Å². The van der Waals surface area contributed by atoms with Crippen molar-refractivity contribution in [1.29, 1.82) is 0 Å². The zero-order valence-electron chi connectivity index (χ0n) is 17.1. The van der Waals surface area contributed by atoms with Crippen molar-refractivity contribution >= 4 is 29.0 Å². The third-order valence-electron chi connectivity index (χ3n) is 5.07. The Morgan fingerprint density at radius 2 is 1.91 bits per heavy atom. The van der Waals surface area contributed by atoms with Crippen molar-refractivity contribution in [1.82, 2.24) is 10.4 Å². The van der Waals surface area contributed by atoms with E-state index in [-0.39, 0.29) is 17.0 Å². The quantitative estimate of drug-likeness (QED) is 0.465. The van der Waals surface area contributed by atoms with E-state index in [2.05, 4.69) is 20.8 Å². The third-order valence-corrected chi connectivity index (χ3v) is 5.07. The molecule has 1 aromatic carbocycles. The predicted octanol–water partition coefficient (Wildman–Crippen LogP) is 3.61. The minimum atomic E-state index is -0.533. The van der Waals surface area contributed by atoms with Crippen molar-refractivity contribution in [3.05, 3.63) is 87.0 Å². The summed E-state index contributed by atoms with van der Waals surface area (Å²) < 4.78 is 5.83. The Bertz CT molecular complexity index is 1220. The summed E-state index contributed by atoms with van der Waals surface area (Å²) >= 11 is 0. The molecule has 32 heavy (non-hydrogen) atoms. The van der Waals surface area contributed by atoms with Crippen LogP contribution in [0.2, 0.25) is 0 Å². The zero-order chi connectivity index (χ0) is 22.7. The van der Waals surface area contributed by atoms with Gasteiger partial charge in [0.1, 0.15) is 11.6 Å². The summed E-state index contributed by atoms with van der Waals surface area (Å²) in [5, 5.41) is 17.7. The Morgan fingerprint density at radius 3 is 2.59 bits per heavy atom. The maximum absolute atomic E-state index is 12.7. The summed E-state index contributed by atoms with van der Waals surface area (Å²) in [5.41, 5.74) is 4.60. The first kappa shape index (κ1) is 20.9. The van der Waals surface area contributed by atoms with Crippen LogP contribution in [0.15, 0.2) is 58.2 Å². The molecule has 0 fully saturated rings. The van der Waals surface area contributed by atoms with Gasteiger partial charge >= 0.3 is 0 Å². The highest BCUT2D eigenvalue weighted by molar-refractivity contribution is 6.09. The molecular weight excluding hydrogens is 414 g/mol. The van der Waals surface area contributed by atoms with Crippen molar-refractivity contribution in [2.75, 3.05) is 5.32 Å². The smallest absolute Gasteiger partial charge is 0.292 e. The van der Waals surface area contributed by atoms with Crippen molar-refractivity contribution in [2.24, 2.45) is 5.10 Å². The maximum atomic E-state index is 12.7. The summed E-state index contributed by atoms with van der Waals surface area (Å²) in [5.74, 6) is 0.328. The fourth-order valence-electron chi connectivity index (χ4n) is 3.52. The number of rotatable bonds is 5. The molecule has 2 heterocycles. The summed E-state index contributed by atoms with van der Waals surface area (Å²) in [6.45, 7) is 1.77. The lowest BCUT2D eigenvalue weighted by molar-refractivity contribution is -0.384. The first-order chi connectivity index (χ1) is 15.4. The number of hydrogen-bond acceptors (Lipinski definition) is 7. The van der Waals surface area contributed by atoms with Crippen LogP contribution in [0.25, 0.3) is 0 Å². The number of nitrogens with zero attached hydrogens (tertiary/aromatic N) is 3. The number of hydrazone groups is 1. The van der Waals surface area contributed by atoms with E-state index in [1.54, 1.807) is 31.3 Å². The van der Waals surface area contributed by atoms with E-state index in [9.17, 15) is 19.7 Å². The molecule has 4 rings (SSSR count). The van der Waals surface area contributed by atoms with E-state index >= 15 is 0 Å². The molecule has 0 saturated carbocycles. The zero-order valence-corrected chi connectivity index (χ0v) is 17.1. The third kappa shape index (κ3) is 4.24. The number of nitro benzene ring substituents is 1. The van der Waals surface area contributed by atoms with Crippen LogP contribution in [0.1, 0.15) is 50.6 Å². The summed E-state index contributed by atoms with van der Waals surface area (Å²) in [4.78, 5) is 39.4. The predicted molar refractivity (Wildman–Crippen MR) is 116 cm³/mol. The van der Waals surface area contributed by atoms with E-state index in [4.69, 9.17) is 4.42 Å². The molecule has 10 nitrogen and oxygen atoms in total. The lowest BCUT2D eigenvalue weighted by Gasteiger charge is -2.13. The van der Waals surface area contributed by atoms with Gasteiger partial charge in [-0.05, 0) is 44.0 Å². The number of non-ortho nitro benzene ring substituents is 1. The molecular formula is C22H19N5O5. The second-order valence-corrected chi connectivity index (χ2v) is 7.18. The highest BCUT2D eigenvalue weighted by Gasteiger charge is 2.28. The van der Waals surface area contributed by atoms with E-state index in [0.717, 1.165) is 6.42 Å². The highest BCUT2D eigenvalue weighted by atomic mass is 16.6. The van der Waals surface area contributed by atoms with Crippen LogP contribution >= 0.6 is 0 Å². The molecule has 10 heteroatoms. The normalized spacial score (nSPS) is 14.0. The van der Waals surface area contributed by atoms with Crippen LogP contribution < -0.4 is 10.7 Å². The van der Waals surface area contributed by atoms with Gasteiger partial charge in [0.25, 0.3) is 17.5 Å². The van der Waals surface area contributed by atoms with Crippen LogP contribution in [0.4, 0.5) is 11.5 Å². The first-order valence-corrected chi connectivity index (χ1v) is 9.90. The van der Waals surface area contributed by atoms with Crippen LogP contribution in [0, 0.1) is 17.0 Å². The fraction of sp³-hybridized carbons (Fsp3) is 0.182. The van der Waals surface area contributed by atoms with Gasteiger partial charge in [-0.15, -0.1) is 0 Å². The molecule has 0 spiro atoms. The van der Waals surface area contributed by atoms with Crippen molar-refractivity contribution in [2.45, 2.75) is 26.2 Å². The molecule has 2 N–H and O–H groups in total. The second kappa shape index (κ2) is 8.80. The molecule has 0 unspecified atom stereocenters. The Kier molecular flexibility index (Phi) is 5.75. The van der Waals surface area contributed by atoms with E-state index in [1.165, 1.54) is 24.3 Å². The Labute approximate surface area is 182 Å². The Balaban J connectivity index is 1.54. The Morgan fingerprint density at radius 1 is 1.12 bits per heavy atom. The summed E-state index contributed by atoms with van der Waals surface area (Å²) in [7, 11) is 0. The Hall–Kier alpha value is -4.34. The average Bonchev–Trinajstić information content (AvgIpc) is 3.15. The van der Waals surface area contributed by atoms with E-state index < -0.39 is 16.7 Å². The molecule has 0 atom stereocenters. The van der Waals surface area contributed by atoms with Crippen LogP contribution in [-0.2, 0) is 6.42 Å². The first-order valence-electron chi connectivity index (χ1n) is 9.90. The minimum Gasteiger partial charge on any atom is -0.455 e. The largest absolute Gasteiger partial charge is 0.455 e. The number of anilines is 1. The number of nitro groups is 1. The molecule has 2 aromatic heterocycles. The minimum absolute atomic E-state index is 0.102. The lowest BCUT2D eigenvalue weighted by atomic mass is 9.93. The number of hydrogen-bond donors (Lipinski definition) is 2. The lowest BCUT2D eigenvalue weighted by Crippen LogP contribution is -2.22. The molecule has 0 aliphatic heterocycles. The number of carbonyl (C=O) groups excluding carboxylic acids is 2. The van der Waals surface area contributed by atoms with Crippen molar-refractivity contribution in [3.8, 4) is 0 Å². The number of fused-ring (bicyclic) bond motifs is 1. The van der Waals surface area contributed by atoms with Gasteiger partial charge in [0, 0.05) is 41.4 Å². The number of pyridine rings is 1. The standard InChI is InChI=1S/C22H19N5O5/c1-13-19-16(25-26-21(28)14-8-10-15(11-9-14)27(30)31)5-4-6-17(19)32-20(13)22(29)24-18-7-2-3-12-23-18/h2-3,7-12H,4-6H2,1H3,(H,26,28)(H,23,24,29)/b25-16+. The number of nitrogens with one attached hydrogen (secondary N) is 2. The summed E-state index contributed by atoms with van der Waals surface area (Å²) in [6.07, 6.45) is 3.60. The van der Waals surface area contributed by atoms with Gasteiger partial charge in [-0.2, -0.15) is 5.10 Å². The molecule has 2 amide bonds. The molecule has 162 valence electrons. The van der Waals surface area contributed by atoms with Gasteiger partial charge in [-0.1, -0.05) is 6.07 Å². The topological polar surface area (TPSA) is 140 Å². The summed E-state index contributed by atoms with van der Waals surface area (Å²) in [6, 6.07) is 10.4. The highest BCUT2D eigenvalue weighted by Crippen LogP contribution is 2.30. The van der Waals surface area contributed by atoms with Gasteiger partial charge < -0.3 is 9.73 Å². The number of furan rings is 1. The number of amides is 2. The monoisotopic (exact) mass is 433 g/mol. The molecule has 0 radical (unpaired) electrons. The van der Waals surface area contributed by atoms with Crippen molar-refractivity contribution in [3.63, 3.8) is 0 Å². The van der Waals surface area contributed by atoms with Gasteiger partial charge in [0.15, 0.2) is 5.76 Å². The average molecular weight is 433 g/mol. The van der Waals surface area contributed by atoms with E-state index in [0.29, 0.717) is 41.3 Å². The van der Waals surface area contributed by atoms with Crippen molar-refractivity contribution < 1.29 is 18.9 Å². The second-order valence-electron chi connectivity index (χ2n) is 7.18. The van der Waals surface area contributed by atoms with Gasteiger partial charge in [-0.3, -0.25) is 19.7 Å². The molecule has 1 aliphatic carbocycles. The number of carbonyl (C=O) groups is 2. The molecule has 0 saturated heterocycles. The molecule has 0 bridgehead atoms. The molecule has 3 aromatic rings. The fourth-order valence-corrected chi connectivity index (χ4v) is 3.52. The van der Waals surface area contributed by atoms with Gasteiger partial charge in [0.05, 0.1) is 10.6 Å². The molecule has 1 aliphatic rings. The van der Waals surface area contributed by atoms with Crippen LogP contribution in [0.5, 0.6) is 0 Å². The SMILES string of the molecule is Cc1c(C(=O)Nc2ccccn2)oc2c1/C(=N/NC(=O)c1ccc([N+](=O)[O-])cc1)CCC2.